The van der Waals surface area contributed by atoms with Gasteiger partial charge in [0.1, 0.15) is 0 Å². The van der Waals surface area contributed by atoms with Crippen LogP contribution in [0.4, 0.5) is 0 Å². The summed E-state index contributed by atoms with van der Waals surface area (Å²) in [7, 11) is 0. The highest BCUT2D eigenvalue weighted by atomic mass is 35.5. The standard InChI is InChI=1S/C16H18Cl2N6OS/c1-3-4-5-13-20-15(25-23-13)9(2)26-16-22-21-14(24(16)19)11-7-6-10(17)8-12(11)18/h6-9H,3-5,19H2,1-2H3. The molecule has 3 aromatic rings. The van der Waals surface area contributed by atoms with Crippen molar-refractivity contribution >= 4 is 35.0 Å². The molecule has 0 spiro atoms. The van der Waals surface area contributed by atoms with Crippen molar-refractivity contribution < 1.29 is 4.52 Å². The van der Waals surface area contributed by atoms with Crippen LogP contribution in [-0.4, -0.2) is 25.0 Å². The minimum Gasteiger partial charge on any atom is -0.338 e. The third-order valence-corrected chi connectivity index (χ3v) is 5.30. The summed E-state index contributed by atoms with van der Waals surface area (Å²) in [5, 5.41) is 13.7. The summed E-state index contributed by atoms with van der Waals surface area (Å²) in [6.45, 7) is 4.07. The zero-order valence-electron chi connectivity index (χ0n) is 14.3. The topological polar surface area (TPSA) is 95.7 Å². The highest BCUT2D eigenvalue weighted by Gasteiger charge is 2.21. The van der Waals surface area contributed by atoms with Crippen molar-refractivity contribution in [3.05, 3.63) is 40.0 Å². The molecule has 0 aliphatic rings. The Balaban J connectivity index is 1.76. The molecular weight excluding hydrogens is 395 g/mol. The van der Waals surface area contributed by atoms with Crippen LogP contribution >= 0.6 is 35.0 Å². The Morgan fingerprint density at radius 3 is 2.85 bits per heavy atom. The summed E-state index contributed by atoms with van der Waals surface area (Å²) < 4.78 is 6.74. The van der Waals surface area contributed by atoms with E-state index in [1.165, 1.54) is 16.4 Å². The fourth-order valence-electron chi connectivity index (χ4n) is 2.29. The van der Waals surface area contributed by atoms with Crippen LogP contribution in [0.1, 0.15) is 43.7 Å². The minimum atomic E-state index is -0.113. The maximum absolute atomic E-state index is 6.23. The predicted octanol–water partition coefficient (Wildman–Crippen LogP) is 4.54. The molecule has 0 fully saturated rings. The second-order valence-electron chi connectivity index (χ2n) is 5.71. The number of halogens is 2. The summed E-state index contributed by atoms with van der Waals surface area (Å²) in [5.41, 5.74) is 0.658. The Bertz CT molecular complexity index is 897. The lowest BCUT2D eigenvalue weighted by Gasteiger charge is -2.07. The molecule has 0 radical (unpaired) electrons. The largest absolute Gasteiger partial charge is 0.338 e. The number of benzene rings is 1. The van der Waals surface area contributed by atoms with Crippen molar-refractivity contribution in [3.63, 3.8) is 0 Å². The smallest absolute Gasteiger partial charge is 0.239 e. The van der Waals surface area contributed by atoms with Crippen molar-refractivity contribution in [1.82, 2.24) is 25.0 Å². The molecule has 0 aliphatic heterocycles. The highest BCUT2D eigenvalue weighted by Crippen LogP contribution is 2.35. The van der Waals surface area contributed by atoms with Crippen LogP contribution in [0.2, 0.25) is 10.0 Å². The van der Waals surface area contributed by atoms with Crippen molar-refractivity contribution in [1.29, 1.82) is 0 Å². The minimum absolute atomic E-state index is 0.113. The number of thioether (sulfide) groups is 1. The van der Waals surface area contributed by atoms with E-state index in [0.717, 1.165) is 25.1 Å². The predicted molar refractivity (Wildman–Crippen MR) is 103 cm³/mol. The summed E-state index contributed by atoms with van der Waals surface area (Å²) in [5.74, 6) is 7.86. The van der Waals surface area contributed by atoms with Gasteiger partial charge in [0.15, 0.2) is 11.6 Å². The van der Waals surface area contributed by atoms with E-state index in [1.54, 1.807) is 18.2 Å². The van der Waals surface area contributed by atoms with E-state index in [2.05, 4.69) is 27.3 Å². The molecular formula is C16H18Cl2N6OS. The summed E-state index contributed by atoms with van der Waals surface area (Å²) in [6, 6.07) is 5.12. The molecule has 0 bridgehead atoms. The number of unbranched alkanes of at least 4 members (excludes halogenated alkanes) is 1. The van der Waals surface area contributed by atoms with Crippen molar-refractivity contribution in [2.24, 2.45) is 0 Å². The van der Waals surface area contributed by atoms with Gasteiger partial charge in [-0.1, -0.05) is 53.5 Å². The van der Waals surface area contributed by atoms with E-state index >= 15 is 0 Å². The van der Waals surface area contributed by atoms with E-state index in [0.29, 0.717) is 32.5 Å². The summed E-state index contributed by atoms with van der Waals surface area (Å²) in [6.07, 6.45) is 2.92. The quantitative estimate of drug-likeness (QED) is 0.449. The molecule has 2 aromatic heterocycles. The molecule has 2 N–H and O–H groups in total. The van der Waals surface area contributed by atoms with Crippen molar-refractivity contribution in [3.8, 4) is 11.4 Å². The number of hydrogen-bond acceptors (Lipinski definition) is 7. The number of rotatable bonds is 7. The van der Waals surface area contributed by atoms with Gasteiger partial charge < -0.3 is 10.4 Å². The molecule has 2 heterocycles. The first-order chi connectivity index (χ1) is 12.5. The van der Waals surface area contributed by atoms with E-state index < -0.39 is 0 Å². The van der Waals surface area contributed by atoms with Crippen LogP contribution in [0.15, 0.2) is 27.9 Å². The molecule has 0 amide bonds. The van der Waals surface area contributed by atoms with E-state index in [1.807, 2.05) is 6.92 Å². The lowest BCUT2D eigenvalue weighted by atomic mass is 10.2. The van der Waals surface area contributed by atoms with Gasteiger partial charge in [0.25, 0.3) is 0 Å². The Morgan fingerprint density at radius 1 is 1.31 bits per heavy atom. The molecule has 7 nitrogen and oxygen atoms in total. The van der Waals surface area contributed by atoms with Crippen LogP contribution in [-0.2, 0) is 6.42 Å². The van der Waals surface area contributed by atoms with Crippen LogP contribution < -0.4 is 5.84 Å². The third-order valence-electron chi connectivity index (χ3n) is 3.70. The first-order valence-corrected chi connectivity index (χ1v) is 9.78. The van der Waals surface area contributed by atoms with Gasteiger partial charge in [-0.2, -0.15) is 4.98 Å². The molecule has 0 aliphatic carbocycles. The Kier molecular flexibility index (Phi) is 6.05. The number of nitrogens with zero attached hydrogens (tertiary/aromatic N) is 5. The van der Waals surface area contributed by atoms with Gasteiger partial charge in [0.05, 0.1) is 10.3 Å². The Labute approximate surface area is 165 Å². The summed E-state index contributed by atoms with van der Waals surface area (Å²) >= 11 is 13.5. The first kappa shape index (κ1) is 19.0. The maximum Gasteiger partial charge on any atom is 0.239 e. The lowest BCUT2D eigenvalue weighted by Crippen LogP contribution is -2.12. The van der Waals surface area contributed by atoms with Gasteiger partial charge in [0.2, 0.25) is 11.0 Å². The average Bonchev–Trinajstić information content (AvgIpc) is 3.21. The molecule has 1 unspecified atom stereocenters. The molecule has 3 rings (SSSR count). The van der Waals surface area contributed by atoms with Crippen molar-refractivity contribution in [2.75, 3.05) is 5.84 Å². The van der Waals surface area contributed by atoms with Gasteiger partial charge in [-0.25, -0.2) is 4.68 Å². The molecule has 0 saturated heterocycles. The molecule has 0 saturated carbocycles. The maximum atomic E-state index is 6.23. The number of nitrogen functional groups attached to an aromatic ring is 1. The Hall–Kier alpha value is -1.77. The van der Waals surface area contributed by atoms with Gasteiger partial charge in [-0.15, -0.1) is 10.2 Å². The lowest BCUT2D eigenvalue weighted by molar-refractivity contribution is 0.374. The number of hydrogen-bond donors (Lipinski definition) is 1. The Morgan fingerprint density at radius 2 is 2.12 bits per heavy atom. The van der Waals surface area contributed by atoms with E-state index in [-0.39, 0.29) is 5.25 Å². The fraction of sp³-hybridized carbons (Fsp3) is 0.375. The van der Waals surface area contributed by atoms with Gasteiger partial charge in [-0.05, 0) is 31.5 Å². The van der Waals surface area contributed by atoms with Crippen LogP contribution in [0, 0.1) is 0 Å². The highest BCUT2D eigenvalue weighted by molar-refractivity contribution is 7.99. The van der Waals surface area contributed by atoms with Gasteiger partial charge in [0, 0.05) is 17.0 Å². The van der Waals surface area contributed by atoms with Gasteiger partial charge in [-0.3, -0.25) is 0 Å². The zero-order chi connectivity index (χ0) is 18.7. The van der Waals surface area contributed by atoms with E-state index in [9.17, 15) is 0 Å². The van der Waals surface area contributed by atoms with Gasteiger partial charge >= 0.3 is 0 Å². The number of nitrogens with two attached hydrogens (primary N) is 1. The van der Waals surface area contributed by atoms with Crippen LogP contribution in [0.3, 0.4) is 0 Å². The second kappa shape index (κ2) is 8.28. The van der Waals surface area contributed by atoms with Crippen LogP contribution in [0.5, 0.6) is 0 Å². The second-order valence-corrected chi connectivity index (χ2v) is 7.86. The zero-order valence-corrected chi connectivity index (χ0v) is 16.6. The normalized spacial score (nSPS) is 12.5. The molecule has 138 valence electrons. The molecule has 26 heavy (non-hydrogen) atoms. The number of aryl methyl sites for hydroxylation is 1. The van der Waals surface area contributed by atoms with Crippen LogP contribution in [0.25, 0.3) is 11.4 Å². The summed E-state index contributed by atoms with van der Waals surface area (Å²) in [4.78, 5) is 4.43. The average molecular weight is 413 g/mol. The SMILES string of the molecule is CCCCc1noc(C(C)Sc2nnc(-c3ccc(Cl)cc3Cl)n2N)n1. The molecule has 1 aromatic carbocycles. The molecule has 1 atom stereocenters. The first-order valence-electron chi connectivity index (χ1n) is 8.14. The third kappa shape index (κ3) is 4.13. The number of aromatic nitrogens is 5. The molecule has 10 heteroatoms. The van der Waals surface area contributed by atoms with E-state index in [4.69, 9.17) is 33.6 Å². The fourth-order valence-corrected chi connectivity index (χ4v) is 3.58. The monoisotopic (exact) mass is 412 g/mol. The van der Waals surface area contributed by atoms with Crippen molar-refractivity contribution in [2.45, 2.75) is 43.5 Å².